The monoisotopic (exact) mass is 275 g/mol. The normalized spacial score (nSPS) is 10.3. The summed E-state index contributed by atoms with van der Waals surface area (Å²) < 4.78 is 19.2. The Hall–Kier alpha value is -2.40. The number of nitrogens with two attached hydrogens (primary N) is 1. The van der Waals surface area contributed by atoms with Crippen molar-refractivity contribution in [2.24, 2.45) is 5.73 Å². The van der Waals surface area contributed by atoms with Crippen LogP contribution in [0.1, 0.15) is 15.9 Å². The number of rotatable bonds is 5. The van der Waals surface area contributed by atoms with Gasteiger partial charge in [0.05, 0.1) is 0 Å². The van der Waals surface area contributed by atoms with E-state index in [4.69, 9.17) is 15.6 Å². The first-order valence-corrected chi connectivity index (χ1v) is 6.08. The van der Waals surface area contributed by atoms with E-state index in [1.165, 1.54) is 12.1 Å². The number of ether oxygens (including phenoxy) is 1. The highest BCUT2D eigenvalue weighted by Gasteiger charge is 2.16. The quantitative estimate of drug-likeness (QED) is 0.879. The molecule has 0 atom stereocenters. The second-order valence-electron chi connectivity index (χ2n) is 4.16. The van der Waals surface area contributed by atoms with Crippen molar-refractivity contribution in [1.29, 1.82) is 0 Å². The number of aliphatic hydroxyl groups is 1. The maximum absolute atomic E-state index is 13.6. The second-order valence-corrected chi connectivity index (χ2v) is 4.16. The first-order valence-electron chi connectivity index (χ1n) is 6.08. The third-order valence-electron chi connectivity index (χ3n) is 2.80. The second kappa shape index (κ2) is 6.16. The average molecular weight is 275 g/mol. The summed E-state index contributed by atoms with van der Waals surface area (Å²) in [6.07, 6.45) is 0.400. The molecular weight excluding hydrogens is 261 g/mol. The topological polar surface area (TPSA) is 72.6 Å². The van der Waals surface area contributed by atoms with Crippen molar-refractivity contribution < 1.29 is 19.0 Å². The summed E-state index contributed by atoms with van der Waals surface area (Å²) in [6, 6.07) is 11.1. The molecule has 0 aromatic heterocycles. The molecule has 0 heterocycles. The number of benzene rings is 2. The minimum absolute atomic E-state index is 0.0355. The molecule has 0 spiro atoms. The van der Waals surface area contributed by atoms with Gasteiger partial charge >= 0.3 is 0 Å². The average Bonchev–Trinajstić information content (AvgIpc) is 2.41. The number of hydrogen-bond acceptors (Lipinski definition) is 3. The number of primary amides is 1. The van der Waals surface area contributed by atoms with Gasteiger partial charge in [-0.1, -0.05) is 24.3 Å². The molecule has 0 fully saturated rings. The van der Waals surface area contributed by atoms with Gasteiger partial charge in [-0.15, -0.1) is 0 Å². The number of carbonyl (C=O) groups is 1. The molecule has 20 heavy (non-hydrogen) atoms. The van der Waals surface area contributed by atoms with Gasteiger partial charge < -0.3 is 15.6 Å². The standard InChI is InChI=1S/C15H14FNO3/c16-11-5-3-7-13(14(11)15(17)19)20-12-6-2-1-4-10(12)8-9-18/h1-7,18H,8-9H2,(H2,17,19). The lowest BCUT2D eigenvalue weighted by Gasteiger charge is -2.13. The van der Waals surface area contributed by atoms with Gasteiger partial charge in [0, 0.05) is 6.61 Å². The summed E-state index contributed by atoms with van der Waals surface area (Å²) in [5.74, 6) is -1.11. The molecule has 3 N–H and O–H groups in total. The Bertz CT molecular complexity index is 628. The van der Waals surface area contributed by atoms with Crippen LogP contribution in [0.2, 0.25) is 0 Å². The van der Waals surface area contributed by atoms with E-state index >= 15 is 0 Å². The van der Waals surface area contributed by atoms with Gasteiger partial charge in [-0.05, 0) is 30.2 Å². The van der Waals surface area contributed by atoms with Crippen LogP contribution >= 0.6 is 0 Å². The summed E-state index contributed by atoms with van der Waals surface area (Å²) >= 11 is 0. The Labute approximate surface area is 115 Å². The lowest BCUT2D eigenvalue weighted by Crippen LogP contribution is -2.14. The number of para-hydroxylation sites is 1. The van der Waals surface area contributed by atoms with Gasteiger partial charge in [0.1, 0.15) is 22.9 Å². The van der Waals surface area contributed by atoms with Crippen molar-refractivity contribution in [3.63, 3.8) is 0 Å². The first-order chi connectivity index (χ1) is 9.63. The van der Waals surface area contributed by atoms with Crippen LogP contribution in [0.25, 0.3) is 0 Å². The SMILES string of the molecule is NC(=O)c1c(F)cccc1Oc1ccccc1CCO. The maximum Gasteiger partial charge on any atom is 0.255 e. The number of amides is 1. The van der Waals surface area contributed by atoms with Gasteiger partial charge in [-0.2, -0.15) is 0 Å². The van der Waals surface area contributed by atoms with Gasteiger partial charge in [-0.3, -0.25) is 4.79 Å². The third-order valence-corrected chi connectivity index (χ3v) is 2.80. The fourth-order valence-corrected chi connectivity index (χ4v) is 1.88. The number of aliphatic hydroxyl groups excluding tert-OH is 1. The molecule has 0 bridgehead atoms. The molecule has 104 valence electrons. The molecule has 0 aliphatic heterocycles. The van der Waals surface area contributed by atoms with Crippen LogP contribution in [0.3, 0.4) is 0 Å². The van der Waals surface area contributed by atoms with E-state index in [0.29, 0.717) is 12.2 Å². The van der Waals surface area contributed by atoms with E-state index in [1.54, 1.807) is 24.3 Å². The highest BCUT2D eigenvalue weighted by molar-refractivity contribution is 5.96. The van der Waals surface area contributed by atoms with Crippen LogP contribution in [0, 0.1) is 5.82 Å². The van der Waals surface area contributed by atoms with E-state index in [2.05, 4.69) is 0 Å². The van der Waals surface area contributed by atoms with Crippen LogP contribution in [0.4, 0.5) is 4.39 Å². The Balaban J connectivity index is 2.40. The van der Waals surface area contributed by atoms with Gasteiger partial charge in [0.2, 0.25) is 0 Å². The molecule has 0 aliphatic rings. The molecule has 0 unspecified atom stereocenters. The fraction of sp³-hybridized carbons (Fsp3) is 0.133. The molecule has 2 aromatic carbocycles. The number of carbonyl (C=O) groups excluding carboxylic acids is 1. The first kappa shape index (κ1) is 14.0. The van der Waals surface area contributed by atoms with E-state index in [0.717, 1.165) is 11.6 Å². The van der Waals surface area contributed by atoms with Crippen molar-refractivity contribution in [2.75, 3.05) is 6.61 Å². The van der Waals surface area contributed by atoms with Gasteiger partial charge in [-0.25, -0.2) is 4.39 Å². The largest absolute Gasteiger partial charge is 0.456 e. The van der Waals surface area contributed by atoms with Crippen LogP contribution in [0.15, 0.2) is 42.5 Å². The zero-order chi connectivity index (χ0) is 14.5. The lowest BCUT2D eigenvalue weighted by molar-refractivity contribution is 0.0994. The van der Waals surface area contributed by atoms with Crippen molar-refractivity contribution in [3.8, 4) is 11.5 Å². The van der Waals surface area contributed by atoms with Crippen molar-refractivity contribution in [3.05, 3.63) is 59.4 Å². The highest BCUT2D eigenvalue weighted by atomic mass is 19.1. The van der Waals surface area contributed by atoms with Crippen LogP contribution in [-0.4, -0.2) is 17.6 Å². The van der Waals surface area contributed by atoms with Crippen molar-refractivity contribution in [2.45, 2.75) is 6.42 Å². The Morgan fingerprint density at radius 3 is 2.55 bits per heavy atom. The molecule has 4 nitrogen and oxygen atoms in total. The van der Waals surface area contributed by atoms with E-state index in [1.807, 2.05) is 0 Å². The summed E-state index contributed by atoms with van der Waals surface area (Å²) in [5.41, 5.74) is 5.64. The molecule has 0 saturated carbocycles. The zero-order valence-electron chi connectivity index (χ0n) is 10.7. The molecule has 5 heteroatoms. The molecule has 1 amide bonds. The molecule has 2 aromatic rings. The van der Waals surface area contributed by atoms with Crippen molar-refractivity contribution >= 4 is 5.91 Å². The molecule has 2 rings (SSSR count). The molecule has 0 radical (unpaired) electrons. The predicted octanol–water partition coefficient (Wildman–Crippen LogP) is 2.25. The molecule has 0 aliphatic carbocycles. The van der Waals surface area contributed by atoms with E-state index in [9.17, 15) is 9.18 Å². The molecular formula is C15H14FNO3. The number of hydrogen-bond donors (Lipinski definition) is 2. The summed E-state index contributed by atoms with van der Waals surface area (Å²) in [4.78, 5) is 11.3. The third kappa shape index (κ3) is 2.95. The summed E-state index contributed by atoms with van der Waals surface area (Å²) in [5, 5.41) is 9.01. The summed E-state index contributed by atoms with van der Waals surface area (Å²) in [7, 11) is 0. The van der Waals surface area contributed by atoms with Crippen LogP contribution in [-0.2, 0) is 6.42 Å². The summed E-state index contributed by atoms with van der Waals surface area (Å²) in [6.45, 7) is -0.0355. The Kier molecular flexibility index (Phi) is 4.32. The van der Waals surface area contributed by atoms with Crippen molar-refractivity contribution in [1.82, 2.24) is 0 Å². The zero-order valence-corrected chi connectivity index (χ0v) is 10.7. The lowest BCUT2D eigenvalue weighted by atomic mass is 10.1. The molecule has 0 saturated heterocycles. The fourth-order valence-electron chi connectivity index (χ4n) is 1.88. The Morgan fingerprint density at radius 2 is 1.85 bits per heavy atom. The highest BCUT2D eigenvalue weighted by Crippen LogP contribution is 2.29. The van der Waals surface area contributed by atoms with E-state index < -0.39 is 11.7 Å². The van der Waals surface area contributed by atoms with Crippen LogP contribution < -0.4 is 10.5 Å². The minimum atomic E-state index is -0.891. The van der Waals surface area contributed by atoms with Gasteiger partial charge in [0.15, 0.2) is 0 Å². The Morgan fingerprint density at radius 1 is 1.15 bits per heavy atom. The van der Waals surface area contributed by atoms with Crippen LogP contribution in [0.5, 0.6) is 11.5 Å². The maximum atomic E-state index is 13.6. The number of halogens is 1. The van der Waals surface area contributed by atoms with E-state index in [-0.39, 0.29) is 17.9 Å². The van der Waals surface area contributed by atoms with Gasteiger partial charge in [0.25, 0.3) is 5.91 Å². The minimum Gasteiger partial charge on any atom is -0.456 e. The smallest absolute Gasteiger partial charge is 0.255 e. The predicted molar refractivity (Wildman–Crippen MR) is 72.2 cm³/mol.